The molecule has 6 heteroatoms. The second-order valence-electron chi connectivity index (χ2n) is 4.55. The maximum atomic E-state index is 11.6. The van der Waals surface area contributed by atoms with E-state index in [0.29, 0.717) is 18.0 Å². The maximum Gasteiger partial charge on any atom is 0.319 e. The van der Waals surface area contributed by atoms with E-state index in [1.165, 1.54) is 11.3 Å². The lowest BCUT2D eigenvalue weighted by atomic mass is 10.3. The molecule has 20 heavy (non-hydrogen) atoms. The quantitative estimate of drug-likeness (QED) is 0.889. The molecule has 0 bridgehead atoms. The van der Waals surface area contributed by atoms with Gasteiger partial charge in [-0.2, -0.15) is 0 Å². The van der Waals surface area contributed by atoms with Gasteiger partial charge in [0.15, 0.2) is 0 Å². The molecule has 2 amide bonds. The van der Waals surface area contributed by atoms with Crippen molar-refractivity contribution in [3.05, 3.63) is 40.8 Å². The Labute approximate surface area is 122 Å². The number of aromatic nitrogens is 1. The second-order valence-corrected chi connectivity index (χ2v) is 5.27. The van der Waals surface area contributed by atoms with Crippen LogP contribution in [0.25, 0.3) is 0 Å². The van der Waals surface area contributed by atoms with Crippen LogP contribution in [0, 0.1) is 0 Å². The second kappa shape index (κ2) is 6.91. The fraction of sp³-hybridized carbons (Fsp3) is 0.286. The van der Waals surface area contributed by atoms with Crippen LogP contribution in [0.5, 0.6) is 5.75 Å². The van der Waals surface area contributed by atoms with Crippen LogP contribution in [-0.4, -0.2) is 17.1 Å². The fourth-order valence-electron chi connectivity index (χ4n) is 1.56. The van der Waals surface area contributed by atoms with Crippen molar-refractivity contribution in [1.82, 2.24) is 10.3 Å². The molecule has 0 saturated heterocycles. The summed E-state index contributed by atoms with van der Waals surface area (Å²) in [5.74, 6) is 0.695. The van der Waals surface area contributed by atoms with E-state index in [9.17, 15) is 4.79 Å². The number of anilines is 1. The summed E-state index contributed by atoms with van der Waals surface area (Å²) < 4.78 is 5.63. The summed E-state index contributed by atoms with van der Waals surface area (Å²) in [4.78, 5) is 15.8. The molecular weight excluding hydrogens is 274 g/mol. The predicted molar refractivity (Wildman–Crippen MR) is 80.2 cm³/mol. The number of carbonyl (C=O) groups is 1. The van der Waals surface area contributed by atoms with Gasteiger partial charge in [0.1, 0.15) is 12.4 Å². The number of ether oxygens (including phenoxy) is 1. The van der Waals surface area contributed by atoms with E-state index in [1.54, 1.807) is 11.6 Å². The van der Waals surface area contributed by atoms with Gasteiger partial charge in [0, 0.05) is 23.2 Å². The zero-order valence-corrected chi connectivity index (χ0v) is 12.2. The Morgan fingerprint density at radius 1 is 1.45 bits per heavy atom. The monoisotopic (exact) mass is 291 g/mol. The van der Waals surface area contributed by atoms with Crippen molar-refractivity contribution in [2.24, 2.45) is 0 Å². The van der Waals surface area contributed by atoms with Gasteiger partial charge >= 0.3 is 6.03 Å². The van der Waals surface area contributed by atoms with Crippen molar-refractivity contribution in [3.63, 3.8) is 0 Å². The van der Waals surface area contributed by atoms with Gasteiger partial charge in [0.05, 0.1) is 11.2 Å². The third kappa shape index (κ3) is 4.55. The van der Waals surface area contributed by atoms with Crippen LogP contribution < -0.4 is 15.4 Å². The Kier molecular flexibility index (Phi) is 4.95. The summed E-state index contributed by atoms with van der Waals surface area (Å²) in [6.45, 7) is 4.24. The van der Waals surface area contributed by atoms with Gasteiger partial charge in [-0.3, -0.25) is 0 Å². The molecule has 106 valence electrons. The molecule has 2 N–H and O–H groups in total. The lowest BCUT2D eigenvalue weighted by Crippen LogP contribution is -2.34. The number of nitrogens with one attached hydrogen (secondary N) is 2. The topological polar surface area (TPSA) is 63.2 Å². The Morgan fingerprint density at radius 2 is 2.30 bits per heavy atom. The third-order valence-electron chi connectivity index (χ3n) is 2.38. The van der Waals surface area contributed by atoms with Crippen LogP contribution in [-0.2, 0) is 6.61 Å². The van der Waals surface area contributed by atoms with E-state index < -0.39 is 0 Å². The van der Waals surface area contributed by atoms with Crippen LogP contribution in [0.3, 0.4) is 0 Å². The summed E-state index contributed by atoms with van der Waals surface area (Å²) in [6, 6.07) is 7.15. The van der Waals surface area contributed by atoms with Gasteiger partial charge in [-0.25, -0.2) is 9.78 Å². The van der Waals surface area contributed by atoms with Gasteiger partial charge in [-0.1, -0.05) is 6.07 Å². The molecule has 0 saturated carbocycles. The predicted octanol–water partition coefficient (Wildman–Crippen LogP) is 3.25. The van der Waals surface area contributed by atoms with E-state index in [-0.39, 0.29) is 12.1 Å². The maximum absolute atomic E-state index is 11.6. The van der Waals surface area contributed by atoms with E-state index in [4.69, 9.17) is 4.74 Å². The van der Waals surface area contributed by atoms with Gasteiger partial charge in [-0.15, -0.1) is 11.3 Å². The highest BCUT2D eigenvalue weighted by Gasteiger charge is 2.04. The molecular formula is C14H17N3O2S. The molecule has 0 spiro atoms. The Balaban J connectivity index is 1.92. The molecule has 2 aromatic rings. The van der Waals surface area contributed by atoms with Crippen molar-refractivity contribution in [2.45, 2.75) is 26.5 Å². The molecule has 5 nitrogen and oxygen atoms in total. The summed E-state index contributed by atoms with van der Waals surface area (Å²) in [7, 11) is 0. The third-order valence-corrected chi connectivity index (χ3v) is 3.02. The molecule has 1 heterocycles. The molecule has 2 rings (SSSR count). The average Bonchev–Trinajstić information content (AvgIpc) is 2.88. The first kappa shape index (κ1) is 14.3. The lowest BCUT2D eigenvalue weighted by molar-refractivity contribution is 0.250. The first-order valence-electron chi connectivity index (χ1n) is 6.31. The van der Waals surface area contributed by atoms with Crippen molar-refractivity contribution in [3.8, 4) is 5.75 Å². The molecule has 0 aliphatic heterocycles. The first-order valence-corrected chi connectivity index (χ1v) is 7.25. The Hall–Kier alpha value is -2.08. The SMILES string of the molecule is CC(C)NC(=O)Nc1cccc(OCc2cscn2)c1. The fourth-order valence-corrected chi connectivity index (χ4v) is 2.10. The van der Waals surface area contributed by atoms with Crippen LogP contribution in [0.1, 0.15) is 19.5 Å². The number of thiazole rings is 1. The summed E-state index contributed by atoms with van der Waals surface area (Å²) in [5, 5.41) is 7.47. The highest BCUT2D eigenvalue weighted by molar-refractivity contribution is 7.07. The van der Waals surface area contributed by atoms with Gasteiger partial charge in [-0.05, 0) is 26.0 Å². The molecule has 1 aromatic carbocycles. The molecule has 1 aromatic heterocycles. The molecule has 0 unspecified atom stereocenters. The molecule has 0 radical (unpaired) electrons. The minimum Gasteiger partial charge on any atom is -0.487 e. The van der Waals surface area contributed by atoms with Crippen LogP contribution in [0.15, 0.2) is 35.2 Å². The number of carbonyl (C=O) groups excluding carboxylic acids is 1. The number of nitrogens with zero attached hydrogens (tertiary/aromatic N) is 1. The molecule has 0 aliphatic rings. The summed E-state index contributed by atoms with van der Waals surface area (Å²) >= 11 is 1.54. The van der Waals surface area contributed by atoms with Gasteiger partial charge in [0.25, 0.3) is 0 Å². The highest BCUT2D eigenvalue weighted by atomic mass is 32.1. The van der Waals surface area contributed by atoms with Crippen molar-refractivity contribution >= 4 is 23.1 Å². The summed E-state index contributed by atoms with van der Waals surface area (Å²) in [5.41, 5.74) is 3.36. The van der Waals surface area contributed by atoms with Crippen molar-refractivity contribution < 1.29 is 9.53 Å². The van der Waals surface area contributed by atoms with E-state index in [1.807, 2.05) is 37.4 Å². The minimum absolute atomic E-state index is 0.0964. The summed E-state index contributed by atoms with van der Waals surface area (Å²) in [6.07, 6.45) is 0. The lowest BCUT2D eigenvalue weighted by Gasteiger charge is -2.11. The normalized spacial score (nSPS) is 10.3. The zero-order chi connectivity index (χ0) is 14.4. The van der Waals surface area contributed by atoms with Gasteiger partial charge < -0.3 is 15.4 Å². The van der Waals surface area contributed by atoms with E-state index >= 15 is 0 Å². The Morgan fingerprint density at radius 3 is 3.00 bits per heavy atom. The van der Waals surface area contributed by atoms with Gasteiger partial charge in [0.2, 0.25) is 0 Å². The standard InChI is InChI=1S/C14H17N3O2S/c1-10(2)16-14(18)17-11-4-3-5-13(6-11)19-7-12-8-20-9-15-12/h3-6,8-10H,7H2,1-2H3,(H2,16,17,18). The van der Waals surface area contributed by atoms with Crippen LogP contribution >= 0.6 is 11.3 Å². The number of amides is 2. The number of rotatable bonds is 5. The zero-order valence-electron chi connectivity index (χ0n) is 11.4. The van der Waals surface area contributed by atoms with E-state index in [0.717, 1.165) is 5.69 Å². The van der Waals surface area contributed by atoms with E-state index in [2.05, 4.69) is 15.6 Å². The van der Waals surface area contributed by atoms with Crippen molar-refractivity contribution in [2.75, 3.05) is 5.32 Å². The molecule has 0 atom stereocenters. The van der Waals surface area contributed by atoms with Crippen LogP contribution in [0.4, 0.5) is 10.5 Å². The molecule has 0 fully saturated rings. The molecule has 0 aliphatic carbocycles. The number of benzene rings is 1. The number of hydrogen-bond donors (Lipinski definition) is 2. The van der Waals surface area contributed by atoms with Crippen molar-refractivity contribution in [1.29, 1.82) is 0 Å². The Bertz CT molecular complexity index is 555. The largest absolute Gasteiger partial charge is 0.487 e. The smallest absolute Gasteiger partial charge is 0.319 e. The highest BCUT2D eigenvalue weighted by Crippen LogP contribution is 2.18. The number of hydrogen-bond acceptors (Lipinski definition) is 4. The number of urea groups is 1. The minimum atomic E-state index is -0.225. The first-order chi connectivity index (χ1) is 9.63. The van der Waals surface area contributed by atoms with Crippen LogP contribution in [0.2, 0.25) is 0 Å². The average molecular weight is 291 g/mol.